The minimum absolute atomic E-state index is 0.467. The third-order valence-electron chi connectivity index (χ3n) is 3.42. The maximum absolute atomic E-state index is 12.1. The van der Waals surface area contributed by atoms with Crippen LogP contribution in [0.25, 0.3) is 0 Å². The quantitative estimate of drug-likeness (QED) is 0.771. The molecule has 0 aromatic heterocycles. The van der Waals surface area contributed by atoms with Gasteiger partial charge in [0.15, 0.2) is 0 Å². The van der Waals surface area contributed by atoms with Crippen LogP contribution in [-0.2, 0) is 16.8 Å². The van der Waals surface area contributed by atoms with E-state index in [4.69, 9.17) is 0 Å². The standard InChI is InChI=1S/C14H23N3O2S/c1-3-17(4-2)20(18,19)16-14-7-5-12(6-8-14)11-15-13-9-10-13/h5-8,13,15-16H,3-4,9-11H2,1-2H3. The number of hydrogen-bond acceptors (Lipinski definition) is 3. The molecule has 0 heterocycles. The van der Waals surface area contributed by atoms with Crippen molar-refractivity contribution in [3.05, 3.63) is 29.8 Å². The first-order valence-electron chi connectivity index (χ1n) is 7.15. The zero-order valence-corrected chi connectivity index (χ0v) is 12.9. The van der Waals surface area contributed by atoms with Gasteiger partial charge in [0.2, 0.25) is 0 Å². The Morgan fingerprint density at radius 2 is 1.75 bits per heavy atom. The van der Waals surface area contributed by atoms with Crippen LogP contribution in [-0.4, -0.2) is 31.9 Å². The number of nitrogens with zero attached hydrogens (tertiary/aromatic N) is 1. The summed E-state index contributed by atoms with van der Waals surface area (Å²) in [6.45, 7) is 5.43. The summed E-state index contributed by atoms with van der Waals surface area (Å²) in [6, 6.07) is 8.21. The van der Waals surface area contributed by atoms with Gasteiger partial charge in [-0.15, -0.1) is 0 Å². The molecule has 0 bridgehead atoms. The lowest BCUT2D eigenvalue weighted by Crippen LogP contribution is -2.35. The molecular weight excluding hydrogens is 274 g/mol. The van der Waals surface area contributed by atoms with Gasteiger partial charge in [0, 0.05) is 31.4 Å². The van der Waals surface area contributed by atoms with Crippen LogP contribution in [0.1, 0.15) is 32.3 Å². The van der Waals surface area contributed by atoms with Crippen molar-refractivity contribution in [2.45, 2.75) is 39.3 Å². The summed E-state index contributed by atoms with van der Waals surface area (Å²) in [7, 11) is -3.44. The van der Waals surface area contributed by atoms with Crippen LogP contribution < -0.4 is 10.0 Å². The maximum atomic E-state index is 12.1. The molecule has 112 valence electrons. The van der Waals surface area contributed by atoms with Gasteiger partial charge in [0.25, 0.3) is 0 Å². The molecule has 0 radical (unpaired) electrons. The van der Waals surface area contributed by atoms with Gasteiger partial charge in [-0.2, -0.15) is 12.7 Å². The second-order valence-corrected chi connectivity index (χ2v) is 6.71. The minimum Gasteiger partial charge on any atom is -0.310 e. The number of benzene rings is 1. The Labute approximate surface area is 121 Å². The zero-order chi connectivity index (χ0) is 14.6. The SMILES string of the molecule is CCN(CC)S(=O)(=O)Nc1ccc(CNC2CC2)cc1. The molecule has 1 aromatic carbocycles. The van der Waals surface area contributed by atoms with Crippen LogP contribution in [0.15, 0.2) is 24.3 Å². The fraction of sp³-hybridized carbons (Fsp3) is 0.571. The van der Waals surface area contributed by atoms with Gasteiger partial charge in [-0.3, -0.25) is 4.72 Å². The Hall–Kier alpha value is -1.11. The van der Waals surface area contributed by atoms with Crippen molar-refractivity contribution in [1.82, 2.24) is 9.62 Å². The molecule has 5 nitrogen and oxygen atoms in total. The predicted molar refractivity (Wildman–Crippen MR) is 81.8 cm³/mol. The first kappa shape index (κ1) is 15.3. The largest absolute Gasteiger partial charge is 0.310 e. The summed E-state index contributed by atoms with van der Waals surface area (Å²) in [5, 5.41) is 3.43. The maximum Gasteiger partial charge on any atom is 0.301 e. The third-order valence-corrected chi connectivity index (χ3v) is 5.11. The van der Waals surface area contributed by atoms with E-state index < -0.39 is 10.2 Å². The highest BCUT2D eigenvalue weighted by Crippen LogP contribution is 2.20. The van der Waals surface area contributed by atoms with Crippen molar-refractivity contribution in [2.24, 2.45) is 0 Å². The highest BCUT2D eigenvalue weighted by Gasteiger charge is 2.20. The van der Waals surface area contributed by atoms with E-state index in [-0.39, 0.29) is 0 Å². The summed E-state index contributed by atoms with van der Waals surface area (Å²) in [6.07, 6.45) is 2.53. The Balaban J connectivity index is 1.95. The van der Waals surface area contributed by atoms with Gasteiger partial charge in [-0.25, -0.2) is 0 Å². The number of hydrogen-bond donors (Lipinski definition) is 2. The summed E-state index contributed by atoms with van der Waals surface area (Å²) >= 11 is 0. The summed E-state index contributed by atoms with van der Waals surface area (Å²) in [5.74, 6) is 0. The molecule has 0 saturated heterocycles. The van der Waals surface area contributed by atoms with Gasteiger partial charge in [0.1, 0.15) is 0 Å². The molecule has 0 unspecified atom stereocenters. The second kappa shape index (κ2) is 6.56. The molecule has 1 aliphatic rings. The molecule has 0 aliphatic heterocycles. The van der Waals surface area contributed by atoms with Gasteiger partial charge >= 0.3 is 10.2 Å². The van der Waals surface area contributed by atoms with Crippen molar-refractivity contribution in [2.75, 3.05) is 17.8 Å². The predicted octanol–water partition coefficient (Wildman–Crippen LogP) is 1.94. The molecule has 0 amide bonds. The summed E-state index contributed by atoms with van der Waals surface area (Å²) in [5.41, 5.74) is 1.77. The first-order valence-corrected chi connectivity index (χ1v) is 8.59. The first-order chi connectivity index (χ1) is 9.55. The molecule has 2 N–H and O–H groups in total. The molecule has 2 rings (SSSR count). The van der Waals surface area contributed by atoms with Crippen LogP contribution in [0.5, 0.6) is 0 Å². The highest BCUT2D eigenvalue weighted by atomic mass is 32.2. The topological polar surface area (TPSA) is 61.4 Å². The zero-order valence-electron chi connectivity index (χ0n) is 12.1. The molecule has 20 heavy (non-hydrogen) atoms. The smallest absolute Gasteiger partial charge is 0.301 e. The molecule has 1 fully saturated rings. The van der Waals surface area contributed by atoms with Gasteiger partial charge < -0.3 is 5.32 Å². The second-order valence-electron chi connectivity index (χ2n) is 5.04. The van der Waals surface area contributed by atoms with Crippen LogP contribution in [0.4, 0.5) is 5.69 Å². The Morgan fingerprint density at radius 1 is 1.15 bits per heavy atom. The van der Waals surface area contributed by atoms with Crippen molar-refractivity contribution >= 4 is 15.9 Å². The third kappa shape index (κ3) is 4.19. The summed E-state index contributed by atoms with van der Waals surface area (Å²) < 4.78 is 28.1. The lowest BCUT2D eigenvalue weighted by Gasteiger charge is -2.19. The van der Waals surface area contributed by atoms with Crippen molar-refractivity contribution in [3.8, 4) is 0 Å². The van der Waals surface area contributed by atoms with Crippen LogP contribution in [0.3, 0.4) is 0 Å². The lowest BCUT2D eigenvalue weighted by atomic mass is 10.2. The fourth-order valence-corrected chi connectivity index (χ4v) is 3.26. The van der Waals surface area contributed by atoms with Crippen molar-refractivity contribution < 1.29 is 8.42 Å². The van der Waals surface area contributed by atoms with Crippen LogP contribution >= 0.6 is 0 Å². The van der Waals surface area contributed by atoms with E-state index in [1.807, 2.05) is 38.1 Å². The van der Waals surface area contributed by atoms with E-state index in [0.29, 0.717) is 24.8 Å². The average molecular weight is 297 g/mol. The van der Waals surface area contributed by atoms with Gasteiger partial charge in [-0.1, -0.05) is 26.0 Å². The van der Waals surface area contributed by atoms with E-state index in [1.54, 1.807) is 0 Å². The van der Waals surface area contributed by atoms with E-state index in [2.05, 4.69) is 10.0 Å². The molecule has 0 spiro atoms. The fourth-order valence-electron chi connectivity index (χ4n) is 2.02. The molecule has 6 heteroatoms. The molecular formula is C14H23N3O2S. The number of rotatable bonds is 8. The molecule has 1 saturated carbocycles. The molecule has 0 atom stereocenters. The lowest BCUT2D eigenvalue weighted by molar-refractivity contribution is 0.449. The average Bonchev–Trinajstić information content (AvgIpc) is 3.22. The normalized spacial score (nSPS) is 15.6. The van der Waals surface area contributed by atoms with E-state index in [9.17, 15) is 8.42 Å². The van der Waals surface area contributed by atoms with Crippen molar-refractivity contribution in [1.29, 1.82) is 0 Å². The highest BCUT2D eigenvalue weighted by molar-refractivity contribution is 7.90. The van der Waals surface area contributed by atoms with Gasteiger partial charge in [0.05, 0.1) is 0 Å². The Morgan fingerprint density at radius 3 is 2.25 bits per heavy atom. The number of anilines is 1. The molecule has 1 aromatic rings. The number of nitrogens with one attached hydrogen (secondary N) is 2. The van der Waals surface area contributed by atoms with Gasteiger partial charge in [-0.05, 0) is 30.5 Å². The van der Waals surface area contributed by atoms with E-state index >= 15 is 0 Å². The van der Waals surface area contributed by atoms with E-state index in [0.717, 1.165) is 6.54 Å². The van der Waals surface area contributed by atoms with Crippen LogP contribution in [0.2, 0.25) is 0 Å². The monoisotopic (exact) mass is 297 g/mol. The Bertz CT molecular complexity index is 520. The molecule has 1 aliphatic carbocycles. The minimum atomic E-state index is -3.44. The van der Waals surface area contributed by atoms with E-state index in [1.165, 1.54) is 22.7 Å². The summed E-state index contributed by atoms with van der Waals surface area (Å²) in [4.78, 5) is 0. The Kier molecular flexibility index (Phi) is 5.01. The van der Waals surface area contributed by atoms with Crippen molar-refractivity contribution in [3.63, 3.8) is 0 Å². The van der Waals surface area contributed by atoms with Crippen LogP contribution in [0, 0.1) is 0 Å².